The van der Waals surface area contributed by atoms with E-state index in [4.69, 9.17) is 10.00 Å². The molecule has 3 aromatic rings. The number of nitrogens with one attached hydrogen (secondary N) is 1. The highest BCUT2D eigenvalue weighted by Crippen LogP contribution is 2.35. The quantitative estimate of drug-likeness (QED) is 0.608. The van der Waals surface area contributed by atoms with Gasteiger partial charge >= 0.3 is 0 Å². The molecular formula is C26H21N3O3. The molecule has 0 radical (unpaired) electrons. The lowest BCUT2D eigenvalue weighted by Gasteiger charge is -2.15. The van der Waals surface area contributed by atoms with Crippen LogP contribution < -0.4 is 15.0 Å². The zero-order chi connectivity index (χ0) is 22.8. The van der Waals surface area contributed by atoms with Crippen LogP contribution >= 0.6 is 0 Å². The maximum atomic E-state index is 13.5. The molecule has 2 amide bonds. The summed E-state index contributed by atoms with van der Waals surface area (Å²) < 4.78 is 5.28. The number of nitriles is 1. The van der Waals surface area contributed by atoms with E-state index in [9.17, 15) is 9.59 Å². The van der Waals surface area contributed by atoms with E-state index in [2.05, 4.69) is 5.32 Å². The number of hydrogen-bond acceptors (Lipinski definition) is 5. The van der Waals surface area contributed by atoms with Crippen LogP contribution in [0.3, 0.4) is 0 Å². The van der Waals surface area contributed by atoms with Gasteiger partial charge in [-0.2, -0.15) is 5.26 Å². The van der Waals surface area contributed by atoms with Crippen molar-refractivity contribution in [2.45, 2.75) is 13.8 Å². The van der Waals surface area contributed by atoms with Crippen molar-refractivity contribution in [1.82, 2.24) is 0 Å². The van der Waals surface area contributed by atoms with Crippen LogP contribution in [0, 0.1) is 25.2 Å². The van der Waals surface area contributed by atoms with Crippen LogP contribution in [0.25, 0.3) is 5.57 Å². The first-order valence-electron chi connectivity index (χ1n) is 10.0. The van der Waals surface area contributed by atoms with Gasteiger partial charge in [-0.05, 0) is 66.9 Å². The molecule has 0 aromatic heterocycles. The first-order valence-corrected chi connectivity index (χ1v) is 10.0. The van der Waals surface area contributed by atoms with Crippen molar-refractivity contribution in [1.29, 1.82) is 5.26 Å². The summed E-state index contributed by atoms with van der Waals surface area (Å²) in [6, 6.07) is 21.3. The molecule has 1 aliphatic rings. The first-order chi connectivity index (χ1) is 15.4. The highest BCUT2D eigenvalue weighted by molar-refractivity contribution is 6.46. The van der Waals surface area contributed by atoms with Gasteiger partial charge in [0, 0.05) is 11.8 Å². The summed E-state index contributed by atoms with van der Waals surface area (Å²) >= 11 is 0. The number of hydrogen-bond donors (Lipinski definition) is 1. The number of amides is 2. The highest BCUT2D eigenvalue weighted by atomic mass is 16.5. The Morgan fingerprint density at radius 3 is 2.31 bits per heavy atom. The Labute approximate surface area is 186 Å². The van der Waals surface area contributed by atoms with E-state index >= 15 is 0 Å². The third-order valence-corrected chi connectivity index (χ3v) is 5.47. The average Bonchev–Trinajstić information content (AvgIpc) is 3.05. The van der Waals surface area contributed by atoms with Crippen molar-refractivity contribution in [2.24, 2.45) is 0 Å². The van der Waals surface area contributed by atoms with Crippen molar-refractivity contribution in [3.63, 3.8) is 0 Å². The van der Waals surface area contributed by atoms with Crippen molar-refractivity contribution in [3.05, 3.63) is 94.7 Å². The number of methoxy groups -OCH3 is 1. The summed E-state index contributed by atoms with van der Waals surface area (Å²) in [6.07, 6.45) is 0. The summed E-state index contributed by atoms with van der Waals surface area (Å²) in [5, 5.41) is 12.2. The highest BCUT2D eigenvalue weighted by Gasteiger charge is 2.40. The van der Waals surface area contributed by atoms with Gasteiger partial charge < -0.3 is 10.1 Å². The molecule has 0 spiro atoms. The minimum Gasteiger partial charge on any atom is -0.497 e. The lowest BCUT2D eigenvalue weighted by Crippen LogP contribution is -2.32. The molecule has 0 unspecified atom stereocenters. The molecule has 6 heteroatoms. The number of carbonyl (C=O) groups is 2. The Morgan fingerprint density at radius 1 is 0.906 bits per heavy atom. The van der Waals surface area contributed by atoms with Gasteiger partial charge in [0.15, 0.2) is 0 Å². The fraction of sp³-hybridized carbons (Fsp3) is 0.115. The summed E-state index contributed by atoms with van der Waals surface area (Å²) in [4.78, 5) is 28.1. The molecule has 0 aliphatic carbocycles. The van der Waals surface area contributed by atoms with Crippen LogP contribution in [0.15, 0.2) is 72.4 Å². The predicted octanol–water partition coefficient (Wildman–Crippen LogP) is 4.58. The van der Waals surface area contributed by atoms with E-state index in [-0.39, 0.29) is 5.70 Å². The van der Waals surface area contributed by atoms with Gasteiger partial charge in [0.25, 0.3) is 11.8 Å². The number of ether oxygens (including phenoxy) is 1. The fourth-order valence-electron chi connectivity index (χ4n) is 3.58. The first kappa shape index (κ1) is 20.9. The Kier molecular flexibility index (Phi) is 5.48. The molecule has 3 aromatic carbocycles. The van der Waals surface area contributed by atoms with E-state index in [1.807, 2.05) is 38.1 Å². The van der Waals surface area contributed by atoms with Crippen LogP contribution in [0.4, 0.5) is 11.4 Å². The van der Waals surface area contributed by atoms with Gasteiger partial charge in [0.2, 0.25) is 0 Å². The molecule has 1 heterocycles. The Hall–Kier alpha value is -4.37. The molecule has 1 N–H and O–H groups in total. The SMILES string of the molecule is COc1cccc(NC2=C(c3ccc(C)c(C)c3)C(=O)N(c3ccc(C#N)cc3)C2=O)c1. The Morgan fingerprint density at radius 2 is 1.66 bits per heavy atom. The molecule has 32 heavy (non-hydrogen) atoms. The topological polar surface area (TPSA) is 82.4 Å². The second-order valence-corrected chi connectivity index (χ2v) is 7.51. The lowest BCUT2D eigenvalue weighted by atomic mass is 9.99. The minimum absolute atomic E-state index is 0.191. The maximum Gasteiger partial charge on any atom is 0.282 e. The van der Waals surface area contributed by atoms with Gasteiger partial charge in [-0.25, -0.2) is 4.90 Å². The van der Waals surface area contributed by atoms with Crippen LogP contribution in [-0.4, -0.2) is 18.9 Å². The third-order valence-electron chi connectivity index (χ3n) is 5.47. The van der Waals surface area contributed by atoms with Crippen molar-refractivity contribution < 1.29 is 14.3 Å². The van der Waals surface area contributed by atoms with Crippen molar-refractivity contribution in [2.75, 3.05) is 17.3 Å². The average molecular weight is 423 g/mol. The maximum absolute atomic E-state index is 13.5. The van der Waals surface area contributed by atoms with Gasteiger partial charge in [-0.3, -0.25) is 9.59 Å². The molecule has 0 bridgehead atoms. The monoisotopic (exact) mass is 423 g/mol. The van der Waals surface area contributed by atoms with E-state index in [0.717, 1.165) is 16.0 Å². The van der Waals surface area contributed by atoms with E-state index in [1.165, 1.54) is 0 Å². The van der Waals surface area contributed by atoms with Crippen LogP contribution in [0.5, 0.6) is 5.75 Å². The smallest absolute Gasteiger partial charge is 0.282 e. The predicted molar refractivity (Wildman–Crippen MR) is 123 cm³/mol. The second kappa shape index (κ2) is 8.40. The van der Waals surface area contributed by atoms with E-state index < -0.39 is 11.8 Å². The van der Waals surface area contributed by atoms with Crippen LogP contribution in [-0.2, 0) is 9.59 Å². The fourth-order valence-corrected chi connectivity index (χ4v) is 3.58. The van der Waals surface area contributed by atoms with Crippen molar-refractivity contribution in [3.8, 4) is 11.8 Å². The number of benzene rings is 3. The van der Waals surface area contributed by atoms with Crippen molar-refractivity contribution >= 4 is 28.8 Å². The second-order valence-electron chi connectivity index (χ2n) is 7.51. The zero-order valence-electron chi connectivity index (χ0n) is 18.0. The summed E-state index contributed by atoms with van der Waals surface area (Å²) in [5.41, 5.74) is 4.75. The van der Waals surface area contributed by atoms with Gasteiger partial charge in [-0.1, -0.05) is 24.3 Å². The summed E-state index contributed by atoms with van der Waals surface area (Å²) in [5.74, 6) is -0.256. The number of nitrogens with zero attached hydrogens (tertiary/aromatic N) is 2. The van der Waals surface area contributed by atoms with Crippen LogP contribution in [0.1, 0.15) is 22.3 Å². The minimum atomic E-state index is -0.462. The molecule has 0 saturated carbocycles. The number of carbonyl (C=O) groups excluding carboxylic acids is 2. The molecule has 1 aliphatic heterocycles. The van der Waals surface area contributed by atoms with E-state index in [1.54, 1.807) is 55.6 Å². The van der Waals surface area contributed by atoms with E-state index in [0.29, 0.717) is 33.8 Å². The molecular weight excluding hydrogens is 402 g/mol. The Bertz CT molecular complexity index is 1300. The Balaban J connectivity index is 1.83. The largest absolute Gasteiger partial charge is 0.497 e. The lowest BCUT2D eigenvalue weighted by molar-refractivity contribution is -0.120. The standard InChI is InChI=1S/C26H21N3O3/c1-16-7-10-19(13-17(16)2)23-24(28-20-5-4-6-22(14-20)32-3)26(31)29(25(23)30)21-11-8-18(15-27)9-12-21/h4-14,28H,1-3H3. The molecule has 6 nitrogen and oxygen atoms in total. The molecule has 0 saturated heterocycles. The number of aryl methyl sites for hydroxylation is 2. The zero-order valence-corrected chi connectivity index (χ0v) is 18.0. The number of imide groups is 1. The molecule has 4 rings (SSSR count). The normalized spacial score (nSPS) is 13.4. The third kappa shape index (κ3) is 3.72. The molecule has 158 valence electrons. The van der Waals surface area contributed by atoms with Gasteiger partial charge in [0.1, 0.15) is 11.4 Å². The molecule has 0 atom stereocenters. The molecule has 0 fully saturated rings. The van der Waals surface area contributed by atoms with Crippen LogP contribution in [0.2, 0.25) is 0 Å². The number of anilines is 2. The summed E-state index contributed by atoms with van der Waals surface area (Å²) in [6.45, 7) is 3.96. The van der Waals surface area contributed by atoms with Gasteiger partial charge in [-0.15, -0.1) is 0 Å². The van der Waals surface area contributed by atoms with Gasteiger partial charge in [0.05, 0.1) is 30.0 Å². The number of rotatable bonds is 5. The summed E-state index contributed by atoms with van der Waals surface area (Å²) in [7, 11) is 1.57.